The number of hydrogen-bond donors (Lipinski definition) is 1. The fourth-order valence-corrected chi connectivity index (χ4v) is 2.05. The van der Waals surface area contributed by atoms with Crippen molar-refractivity contribution in [1.29, 1.82) is 0 Å². The maximum atomic E-state index is 11.4. The zero-order valence-corrected chi connectivity index (χ0v) is 12.5. The summed E-state index contributed by atoms with van der Waals surface area (Å²) in [5, 5.41) is 10.1. The number of esters is 1. The largest absolute Gasteiger partial charge is 0.507 e. The number of aryl methyl sites for hydroxylation is 2. The fraction of sp³-hybridized carbons (Fsp3) is 0.562. The predicted molar refractivity (Wildman–Crippen MR) is 76.5 cm³/mol. The van der Waals surface area contributed by atoms with Crippen LogP contribution in [0.15, 0.2) is 12.1 Å². The second kappa shape index (κ2) is 6.09. The van der Waals surface area contributed by atoms with Crippen LogP contribution >= 0.6 is 0 Å². The van der Waals surface area contributed by atoms with Gasteiger partial charge in [0.2, 0.25) is 0 Å². The summed E-state index contributed by atoms with van der Waals surface area (Å²) < 4.78 is 4.93. The highest BCUT2D eigenvalue weighted by molar-refractivity contribution is 5.69. The molecule has 0 aliphatic rings. The molecular formula is C16H24O3. The number of phenols is 1. The summed E-state index contributed by atoms with van der Waals surface area (Å²) in [7, 11) is 0. The molecule has 0 aliphatic heterocycles. The summed E-state index contributed by atoms with van der Waals surface area (Å²) in [5.41, 5.74) is 2.72. The molecular weight excluding hydrogens is 240 g/mol. The summed E-state index contributed by atoms with van der Waals surface area (Å²) in [4.78, 5) is 11.4. The second-order valence-corrected chi connectivity index (χ2v) is 5.86. The SMILES string of the molecule is CCOC(=O)CCc1cc(C)c(O)c(C(C)(C)C)c1. The van der Waals surface area contributed by atoms with E-state index in [-0.39, 0.29) is 11.4 Å². The third-order valence-corrected chi connectivity index (χ3v) is 3.09. The summed E-state index contributed by atoms with van der Waals surface area (Å²) >= 11 is 0. The third kappa shape index (κ3) is 4.27. The Bertz CT molecular complexity index is 456. The number of hydrogen-bond acceptors (Lipinski definition) is 3. The van der Waals surface area contributed by atoms with Gasteiger partial charge in [-0.05, 0) is 42.4 Å². The third-order valence-electron chi connectivity index (χ3n) is 3.09. The van der Waals surface area contributed by atoms with Crippen molar-refractivity contribution in [2.45, 2.75) is 52.9 Å². The molecule has 0 saturated heterocycles. The first kappa shape index (κ1) is 15.5. The van der Waals surface area contributed by atoms with Crippen molar-refractivity contribution in [2.75, 3.05) is 6.61 Å². The zero-order chi connectivity index (χ0) is 14.6. The van der Waals surface area contributed by atoms with Gasteiger partial charge in [-0.1, -0.05) is 32.9 Å². The van der Waals surface area contributed by atoms with Crippen molar-refractivity contribution in [3.8, 4) is 5.75 Å². The Hall–Kier alpha value is -1.51. The lowest BCUT2D eigenvalue weighted by Gasteiger charge is -2.22. The topological polar surface area (TPSA) is 46.5 Å². The normalized spacial score (nSPS) is 11.4. The van der Waals surface area contributed by atoms with Gasteiger partial charge in [0.15, 0.2) is 0 Å². The van der Waals surface area contributed by atoms with E-state index in [9.17, 15) is 9.90 Å². The van der Waals surface area contributed by atoms with Crippen LogP contribution in [0.2, 0.25) is 0 Å². The van der Waals surface area contributed by atoms with Crippen LogP contribution < -0.4 is 0 Å². The Labute approximate surface area is 115 Å². The molecule has 1 aromatic carbocycles. The molecule has 19 heavy (non-hydrogen) atoms. The minimum absolute atomic E-state index is 0.116. The summed E-state index contributed by atoms with van der Waals surface area (Å²) in [6.45, 7) is 10.3. The van der Waals surface area contributed by atoms with Crippen LogP contribution in [0.3, 0.4) is 0 Å². The monoisotopic (exact) mass is 264 g/mol. The number of rotatable bonds is 4. The van der Waals surface area contributed by atoms with Gasteiger partial charge in [0, 0.05) is 6.42 Å². The highest BCUT2D eigenvalue weighted by Gasteiger charge is 2.20. The predicted octanol–water partition coefficient (Wildman–Crippen LogP) is 3.49. The molecule has 0 aromatic heterocycles. The van der Waals surface area contributed by atoms with Crippen LogP contribution in [0.4, 0.5) is 0 Å². The van der Waals surface area contributed by atoms with E-state index in [4.69, 9.17) is 4.74 Å². The molecule has 3 nitrogen and oxygen atoms in total. The molecule has 0 fully saturated rings. The molecule has 0 radical (unpaired) electrons. The van der Waals surface area contributed by atoms with Crippen LogP contribution in [-0.2, 0) is 21.4 Å². The van der Waals surface area contributed by atoms with Crippen molar-refractivity contribution in [2.24, 2.45) is 0 Å². The van der Waals surface area contributed by atoms with Crippen LogP contribution in [0, 0.1) is 6.92 Å². The quantitative estimate of drug-likeness (QED) is 0.847. The van der Waals surface area contributed by atoms with E-state index in [0.29, 0.717) is 25.2 Å². The molecule has 0 atom stereocenters. The lowest BCUT2D eigenvalue weighted by Crippen LogP contribution is -2.13. The molecule has 0 spiro atoms. The van der Waals surface area contributed by atoms with Gasteiger partial charge in [0.05, 0.1) is 6.61 Å². The van der Waals surface area contributed by atoms with Crippen molar-refractivity contribution in [1.82, 2.24) is 0 Å². The van der Waals surface area contributed by atoms with Crippen LogP contribution in [0.1, 0.15) is 50.8 Å². The van der Waals surface area contributed by atoms with E-state index in [1.807, 2.05) is 19.1 Å². The van der Waals surface area contributed by atoms with Crippen LogP contribution in [0.25, 0.3) is 0 Å². The first-order chi connectivity index (χ1) is 8.75. The van der Waals surface area contributed by atoms with Crippen molar-refractivity contribution >= 4 is 5.97 Å². The molecule has 0 saturated carbocycles. The zero-order valence-electron chi connectivity index (χ0n) is 12.5. The van der Waals surface area contributed by atoms with E-state index < -0.39 is 0 Å². The van der Waals surface area contributed by atoms with Gasteiger partial charge < -0.3 is 9.84 Å². The van der Waals surface area contributed by atoms with E-state index in [1.165, 1.54) is 0 Å². The smallest absolute Gasteiger partial charge is 0.306 e. The highest BCUT2D eigenvalue weighted by atomic mass is 16.5. The van der Waals surface area contributed by atoms with E-state index in [0.717, 1.165) is 16.7 Å². The Balaban J connectivity index is 2.92. The minimum Gasteiger partial charge on any atom is -0.507 e. The van der Waals surface area contributed by atoms with E-state index in [1.54, 1.807) is 6.92 Å². The first-order valence-electron chi connectivity index (χ1n) is 6.74. The van der Waals surface area contributed by atoms with Gasteiger partial charge in [0.25, 0.3) is 0 Å². The van der Waals surface area contributed by atoms with Crippen molar-refractivity contribution in [3.63, 3.8) is 0 Å². The Morgan fingerprint density at radius 1 is 1.32 bits per heavy atom. The van der Waals surface area contributed by atoms with Gasteiger partial charge in [-0.3, -0.25) is 4.79 Å². The number of carbonyl (C=O) groups excluding carboxylic acids is 1. The molecule has 0 unspecified atom stereocenters. The summed E-state index contributed by atoms with van der Waals surface area (Å²) in [5.74, 6) is 0.179. The van der Waals surface area contributed by atoms with Gasteiger partial charge in [-0.25, -0.2) is 0 Å². The molecule has 0 heterocycles. The average molecular weight is 264 g/mol. The fourth-order valence-electron chi connectivity index (χ4n) is 2.05. The summed E-state index contributed by atoms with van der Waals surface area (Å²) in [6, 6.07) is 3.92. The average Bonchev–Trinajstić information content (AvgIpc) is 2.29. The van der Waals surface area contributed by atoms with Crippen molar-refractivity contribution < 1.29 is 14.6 Å². The highest BCUT2D eigenvalue weighted by Crippen LogP contribution is 2.34. The number of aromatic hydroxyl groups is 1. The number of ether oxygens (including phenoxy) is 1. The van der Waals surface area contributed by atoms with Gasteiger partial charge in [-0.2, -0.15) is 0 Å². The van der Waals surface area contributed by atoms with E-state index >= 15 is 0 Å². The second-order valence-electron chi connectivity index (χ2n) is 5.86. The van der Waals surface area contributed by atoms with Crippen LogP contribution in [-0.4, -0.2) is 17.7 Å². The van der Waals surface area contributed by atoms with Crippen LogP contribution in [0.5, 0.6) is 5.75 Å². The maximum absolute atomic E-state index is 11.4. The van der Waals surface area contributed by atoms with Gasteiger partial charge in [0.1, 0.15) is 5.75 Å². The van der Waals surface area contributed by atoms with Gasteiger partial charge >= 0.3 is 5.97 Å². The lowest BCUT2D eigenvalue weighted by molar-refractivity contribution is -0.143. The van der Waals surface area contributed by atoms with Gasteiger partial charge in [-0.15, -0.1) is 0 Å². The molecule has 0 aliphatic carbocycles. The Morgan fingerprint density at radius 2 is 1.95 bits per heavy atom. The number of phenolic OH excluding ortho intramolecular Hbond substituents is 1. The first-order valence-corrected chi connectivity index (χ1v) is 6.74. The molecule has 3 heteroatoms. The minimum atomic E-state index is -0.175. The molecule has 1 aromatic rings. The summed E-state index contributed by atoms with van der Waals surface area (Å²) in [6.07, 6.45) is 1.02. The van der Waals surface area contributed by atoms with Crippen molar-refractivity contribution in [3.05, 3.63) is 28.8 Å². The lowest BCUT2D eigenvalue weighted by atomic mass is 9.83. The van der Waals surface area contributed by atoms with E-state index in [2.05, 4.69) is 20.8 Å². The Kier molecular flexibility index (Phi) is 4.98. The number of benzene rings is 1. The molecule has 0 bridgehead atoms. The molecule has 1 rings (SSSR count). The molecule has 1 N–H and O–H groups in total. The Morgan fingerprint density at radius 3 is 2.47 bits per heavy atom. The number of carbonyl (C=O) groups is 1. The molecule has 0 amide bonds. The standard InChI is InChI=1S/C16H24O3/c1-6-19-14(17)8-7-12-9-11(2)15(18)13(10-12)16(3,4)5/h9-10,18H,6-8H2,1-5H3. The maximum Gasteiger partial charge on any atom is 0.306 e. The molecule has 106 valence electrons.